The molecule has 35 heavy (non-hydrogen) atoms. The summed E-state index contributed by atoms with van der Waals surface area (Å²) >= 11 is 0. The van der Waals surface area contributed by atoms with E-state index in [1.165, 1.54) is 4.90 Å². The summed E-state index contributed by atoms with van der Waals surface area (Å²) < 4.78 is 10.7. The second-order valence-electron chi connectivity index (χ2n) is 8.77. The van der Waals surface area contributed by atoms with Gasteiger partial charge in [0, 0.05) is 32.7 Å². The fourth-order valence-electron chi connectivity index (χ4n) is 4.48. The highest BCUT2D eigenvalue weighted by molar-refractivity contribution is 5.86. The number of methoxy groups -OCH3 is 1. The van der Waals surface area contributed by atoms with E-state index in [-0.39, 0.29) is 25.0 Å². The van der Waals surface area contributed by atoms with E-state index < -0.39 is 24.0 Å². The van der Waals surface area contributed by atoms with E-state index in [0.717, 1.165) is 22.3 Å². The molecule has 2 aromatic rings. The maximum Gasteiger partial charge on any atom is 0.407 e. The van der Waals surface area contributed by atoms with Gasteiger partial charge in [0.1, 0.15) is 12.6 Å². The van der Waals surface area contributed by atoms with Crippen molar-refractivity contribution in [2.75, 3.05) is 33.4 Å². The molecule has 0 fully saturated rings. The van der Waals surface area contributed by atoms with Crippen LogP contribution >= 0.6 is 0 Å². The van der Waals surface area contributed by atoms with Crippen LogP contribution in [0.3, 0.4) is 0 Å². The van der Waals surface area contributed by atoms with E-state index in [0.29, 0.717) is 26.0 Å². The lowest BCUT2D eigenvalue weighted by Gasteiger charge is -2.28. The normalized spacial score (nSPS) is 13.9. The summed E-state index contributed by atoms with van der Waals surface area (Å²) in [7, 11) is 1.57. The van der Waals surface area contributed by atoms with Gasteiger partial charge in [0.2, 0.25) is 5.91 Å². The van der Waals surface area contributed by atoms with Crippen LogP contribution in [0.5, 0.6) is 0 Å². The van der Waals surface area contributed by atoms with Gasteiger partial charge in [0.15, 0.2) is 0 Å². The molecule has 188 valence electrons. The summed E-state index contributed by atoms with van der Waals surface area (Å²) in [6.45, 7) is 4.32. The SMILES string of the molecule is CCN(CC(C)C(=O)O)C(=O)C(CCCOC)NC(=O)OCC1c2ccccc2-c2ccccc21. The highest BCUT2D eigenvalue weighted by Crippen LogP contribution is 2.44. The van der Waals surface area contributed by atoms with Crippen molar-refractivity contribution < 1.29 is 29.0 Å². The first-order valence-electron chi connectivity index (χ1n) is 12.0. The van der Waals surface area contributed by atoms with Crippen LogP contribution in [0, 0.1) is 5.92 Å². The predicted molar refractivity (Wildman–Crippen MR) is 132 cm³/mol. The summed E-state index contributed by atoms with van der Waals surface area (Å²) in [6.07, 6.45) is 0.238. The fourth-order valence-corrected chi connectivity index (χ4v) is 4.48. The molecule has 2 aromatic carbocycles. The molecule has 0 radical (unpaired) electrons. The Labute approximate surface area is 206 Å². The summed E-state index contributed by atoms with van der Waals surface area (Å²) in [5, 5.41) is 11.9. The van der Waals surface area contributed by atoms with E-state index in [1.54, 1.807) is 21.0 Å². The highest BCUT2D eigenvalue weighted by Gasteiger charge is 2.31. The van der Waals surface area contributed by atoms with Crippen LogP contribution in [0.2, 0.25) is 0 Å². The molecule has 2 amide bonds. The average Bonchev–Trinajstić information content (AvgIpc) is 3.18. The number of hydrogen-bond acceptors (Lipinski definition) is 5. The largest absolute Gasteiger partial charge is 0.481 e. The maximum atomic E-state index is 13.2. The predicted octanol–water partition coefficient (Wildman–Crippen LogP) is 3.89. The summed E-state index contributed by atoms with van der Waals surface area (Å²) in [5.41, 5.74) is 4.48. The molecule has 2 unspecified atom stereocenters. The van der Waals surface area contributed by atoms with Gasteiger partial charge in [-0.3, -0.25) is 9.59 Å². The number of nitrogens with zero attached hydrogens (tertiary/aromatic N) is 1. The Morgan fingerprint density at radius 1 is 1.06 bits per heavy atom. The molecule has 2 N–H and O–H groups in total. The van der Waals surface area contributed by atoms with Crippen LogP contribution in [-0.2, 0) is 19.1 Å². The third-order valence-electron chi connectivity index (χ3n) is 6.38. The molecule has 0 saturated carbocycles. The first-order chi connectivity index (χ1) is 16.9. The summed E-state index contributed by atoms with van der Waals surface area (Å²) in [6, 6.07) is 15.3. The Morgan fingerprint density at radius 3 is 2.20 bits per heavy atom. The van der Waals surface area contributed by atoms with Crippen molar-refractivity contribution in [3.8, 4) is 11.1 Å². The van der Waals surface area contributed by atoms with E-state index in [4.69, 9.17) is 9.47 Å². The molecule has 0 heterocycles. The quantitative estimate of drug-likeness (QED) is 0.445. The zero-order valence-corrected chi connectivity index (χ0v) is 20.5. The van der Waals surface area contributed by atoms with Gasteiger partial charge in [-0.2, -0.15) is 0 Å². The first-order valence-corrected chi connectivity index (χ1v) is 12.0. The first kappa shape index (κ1) is 26.2. The van der Waals surface area contributed by atoms with Crippen LogP contribution in [0.15, 0.2) is 48.5 Å². The van der Waals surface area contributed by atoms with Gasteiger partial charge in [0.05, 0.1) is 5.92 Å². The number of carboxylic acids is 1. The number of rotatable bonds is 12. The zero-order chi connectivity index (χ0) is 25.4. The van der Waals surface area contributed by atoms with E-state index in [1.807, 2.05) is 36.4 Å². The van der Waals surface area contributed by atoms with E-state index in [2.05, 4.69) is 17.4 Å². The molecule has 1 aliphatic carbocycles. The van der Waals surface area contributed by atoms with Crippen LogP contribution in [0.4, 0.5) is 4.79 Å². The van der Waals surface area contributed by atoms with Crippen molar-refractivity contribution in [2.45, 2.75) is 38.6 Å². The number of carboxylic acid groups (broad SMARTS) is 1. The lowest BCUT2D eigenvalue weighted by molar-refractivity contribution is -0.143. The number of amides is 2. The molecular weight excluding hydrogens is 448 g/mol. The molecule has 2 atom stereocenters. The van der Waals surface area contributed by atoms with Crippen LogP contribution in [-0.4, -0.2) is 67.4 Å². The van der Waals surface area contributed by atoms with Crippen LogP contribution < -0.4 is 5.32 Å². The lowest BCUT2D eigenvalue weighted by atomic mass is 9.98. The number of nitrogens with one attached hydrogen (secondary N) is 1. The Balaban J connectivity index is 1.68. The van der Waals surface area contributed by atoms with Gasteiger partial charge < -0.3 is 24.8 Å². The van der Waals surface area contributed by atoms with Crippen molar-refractivity contribution in [1.82, 2.24) is 10.2 Å². The number of ether oxygens (including phenoxy) is 2. The molecule has 1 aliphatic rings. The minimum Gasteiger partial charge on any atom is -0.481 e. The van der Waals surface area contributed by atoms with Gasteiger partial charge in [-0.05, 0) is 42.0 Å². The zero-order valence-electron chi connectivity index (χ0n) is 20.5. The second-order valence-corrected chi connectivity index (χ2v) is 8.77. The number of benzene rings is 2. The summed E-state index contributed by atoms with van der Waals surface area (Å²) in [5.74, 6) is -2.10. The number of hydrogen-bond donors (Lipinski definition) is 2. The number of fused-ring (bicyclic) bond motifs is 3. The Bertz CT molecular complexity index is 994. The van der Waals surface area contributed by atoms with Gasteiger partial charge in [0.25, 0.3) is 0 Å². The number of likely N-dealkylation sites (N-methyl/N-ethyl adjacent to an activating group) is 1. The van der Waals surface area contributed by atoms with Crippen molar-refractivity contribution in [3.05, 3.63) is 59.7 Å². The third-order valence-corrected chi connectivity index (χ3v) is 6.38. The average molecular weight is 483 g/mol. The van der Waals surface area contributed by atoms with Crippen LogP contribution in [0.25, 0.3) is 11.1 Å². The molecule has 0 aliphatic heterocycles. The molecule has 8 heteroatoms. The monoisotopic (exact) mass is 482 g/mol. The molecule has 0 spiro atoms. The van der Waals surface area contributed by atoms with Crippen molar-refractivity contribution in [3.63, 3.8) is 0 Å². The van der Waals surface area contributed by atoms with Crippen molar-refractivity contribution >= 4 is 18.0 Å². The highest BCUT2D eigenvalue weighted by atomic mass is 16.5. The van der Waals surface area contributed by atoms with Gasteiger partial charge in [-0.25, -0.2) is 4.79 Å². The van der Waals surface area contributed by atoms with Gasteiger partial charge >= 0.3 is 12.1 Å². The minimum atomic E-state index is -0.975. The fraction of sp³-hybridized carbons (Fsp3) is 0.444. The lowest BCUT2D eigenvalue weighted by Crippen LogP contribution is -2.50. The van der Waals surface area contributed by atoms with E-state index in [9.17, 15) is 19.5 Å². The Morgan fingerprint density at radius 2 is 1.66 bits per heavy atom. The van der Waals surface area contributed by atoms with Gasteiger partial charge in [-0.15, -0.1) is 0 Å². The molecule has 3 rings (SSSR count). The minimum absolute atomic E-state index is 0.0673. The Hall–Kier alpha value is -3.39. The topological polar surface area (TPSA) is 105 Å². The van der Waals surface area contributed by atoms with Gasteiger partial charge in [-0.1, -0.05) is 55.5 Å². The molecule has 0 aromatic heterocycles. The Kier molecular flexibility index (Phi) is 9.25. The molecule has 8 nitrogen and oxygen atoms in total. The number of carbonyl (C=O) groups excluding carboxylic acids is 2. The maximum absolute atomic E-state index is 13.2. The van der Waals surface area contributed by atoms with Crippen LogP contribution in [0.1, 0.15) is 43.7 Å². The number of carbonyl (C=O) groups is 3. The third kappa shape index (κ3) is 6.39. The molecule has 0 bridgehead atoms. The smallest absolute Gasteiger partial charge is 0.407 e. The van der Waals surface area contributed by atoms with Crippen molar-refractivity contribution in [1.29, 1.82) is 0 Å². The second kappa shape index (κ2) is 12.4. The molecule has 0 saturated heterocycles. The van der Waals surface area contributed by atoms with E-state index >= 15 is 0 Å². The molecular formula is C27H34N2O6. The van der Waals surface area contributed by atoms with Crippen molar-refractivity contribution in [2.24, 2.45) is 5.92 Å². The summed E-state index contributed by atoms with van der Waals surface area (Å²) in [4.78, 5) is 38.7. The number of aliphatic carboxylic acids is 1. The number of alkyl carbamates (subject to hydrolysis) is 1. The standard InChI is InChI=1S/C27H34N2O6/c1-4-29(16-18(2)26(31)32)25(30)24(14-9-15-34-3)28-27(33)35-17-23-21-12-7-5-10-19(21)20-11-6-8-13-22(20)23/h5-8,10-13,18,23-24H,4,9,14-17H2,1-3H3,(H,28,33)(H,31,32).